The molecule has 0 saturated carbocycles. The minimum atomic E-state index is -0.232. The molecule has 1 fully saturated rings. The van der Waals surface area contributed by atoms with Crippen molar-refractivity contribution in [2.75, 3.05) is 18.8 Å². The molecule has 94 valence electrons. The molecule has 0 radical (unpaired) electrons. The lowest BCUT2D eigenvalue weighted by Gasteiger charge is -2.23. The average molecular weight is 245 g/mol. The Hall–Kier alpha value is -0.420. The van der Waals surface area contributed by atoms with Gasteiger partial charge in [0.15, 0.2) is 0 Å². The number of hydrogen-bond donors (Lipinski definition) is 3. The molecule has 16 heavy (non-hydrogen) atoms. The quantitative estimate of drug-likeness (QED) is 0.219. The lowest BCUT2D eigenvalue weighted by Crippen LogP contribution is -2.35. The van der Waals surface area contributed by atoms with Crippen LogP contribution >= 0.6 is 11.8 Å². The van der Waals surface area contributed by atoms with Crippen LogP contribution in [0.4, 0.5) is 0 Å². The molecule has 1 atom stereocenters. The predicted octanol–water partition coefficient (Wildman–Crippen LogP) is 1.63. The first-order chi connectivity index (χ1) is 7.56. The highest BCUT2D eigenvalue weighted by atomic mass is 32.2. The summed E-state index contributed by atoms with van der Waals surface area (Å²) < 4.78 is 0. The van der Waals surface area contributed by atoms with Gasteiger partial charge in [0.05, 0.1) is 0 Å². The fourth-order valence-electron chi connectivity index (χ4n) is 1.73. The Morgan fingerprint density at radius 3 is 2.94 bits per heavy atom. The molecule has 5 heteroatoms. The molecule has 0 bridgehead atoms. The first-order valence-corrected chi connectivity index (χ1v) is 6.91. The monoisotopic (exact) mass is 245 g/mol. The number of hydrogen-bond acceptors (Lipinski definition) is 4. The smallest absolute Gasteiger partial charge is 0.144 e. The summed E-state index contributed by atoms with van der Waals surface area (Å²) in [7, 11) is 0. The Kier molecular flexibility index (Phi) is 5.41. The normalized spacial score (nSPS) is 22.6. The summed E-state index contributed by atoms with van der Waals surface area (Å²) in [6.45, 7) is 5.99. The van der Waals surface area contributed by atoms with Gasteiger partial charge >= 0.3 is 0 Å². The maximum atomic E-state index is 8.64. The van der Waals surface area contributed by atoms with Gasteiger partial charge in [-0.15, -0.1) is 0 Å². The molecule has 0 aromatic rings. The van der Waals surface area contributed by atoms with E-state index in [1.54, 1.807) is 0 Å². The molecule has 1 rings (SSSR count). The zero-order valence-corrected chi connectivity index (χ0v) is 11.0. The molecule has 0 aromatic carbocycles. The lowest BCUT2D eigenvalue weighted by molar-refractivity contribution is 0.305. The average Bonchev–Trinajstić information content (AvgIpc) is 2.76. The maximum absolute atomic E-state index is 8.64. The van der Waals surface area contributed by atoms with E-state index >= 15 is 0 Å². The van der Waals surface area contributed by atoms with E-state index in [0.29, 0.717) is 5.84 Å². The van der Waals surface area contributed by atoms with Crippen molar-refractivity contribution in [1.82, 2.24) is 5.32 Å². The minimum Gasteiger partial charge on any atom is -0.409 e. The van der Waals surface area contributed by atoms with Crippen LogP contribution in [0.25, 0.3) is 0 Å². The van der Waals surface area contributed by atoms with E-state index in [1.807, 2.05) is 13.8 Å². The van der Waals surface area contributed by atoms with Gasteiger partial charge in [-0.1, -0.05) is 19.0 Å². The summed E-state index contributed by atoms with van der Waals surface area (Å²) in [5.74, 6) is 1.62. The Balaban J connectivity index is 2.14. The number of amidine groups is 1. The molecule has 0 aromatic heterocycles. The van der Waals surface area contributed by atoms with Crippen LogP contribution in [0.15, 0.2) is 5.16 Å². The van der Waals surface area contributed by atoms with Gasteiger partial charge in [-0.3, -0.25) is 0 Å². The van der Waals surface area contributed by atoms with E-state index in [4.69, 9.17) is 10.9 Å². The van der Waals surface area contributed by atoms with Crippen LogP contribution in [0.2, 0.25) is 0 Å². The van der Waals surface area contributed by atoms with E-state index in [9.17, 15) is 0 Å². The van der Waals surface area contributed by atoms with Crippen molar-refractivity contribution in [3.63, 3.8) is 0 Å². The van der Waals surface area contributed by atoms with Crippen LogP contribution in [-0.2, 0) is 0 Å². The summed E-state index contributed by atoms with van der Waals surface area (Å²) >= 11 is 2.06. The maximum Gasteiger partial charge on any atom is 0.144 e. The largest absolute Gasteiger partial charge is 0.409 e. The van der Waals surface area contributed by atoms with Crippen molar-refractivity contribution in [2.24, 2.45) is 16.3 Å². The molecule has 1 unspecified atom stereocenters. The van der Waals surface area contributed by atoms with Gasteiger partial charge in [0.1, 0.15) is 5.84 Å². The fraction of sp³-hybridized carbons (Fsp3) is 0.909. The van der Waals surface area contributed by atoms with Crippen molar-refractivity contribution >= 4 is 17.6 Å². The van der Waals surface area contributed by atoms with E-state index < -0.39 is 0 Å². The van der Waals surface area contributed by atoms with Crippen molar-refractivity contribution < 1.29 is 5.21 Å². The third-order valence-corrected chi connectivity index (χ3v) is 4.52. The predicted molar refractivity (Wildman–Crippen MR) is 70.2 cm³/mol. The zero-order valence-electron chi connectivity index (χ0n) is 10.2. The summed E-state index contributed by atoms with van der Waals surface area (Å²) in [5, 5.41) is 16.0. The standard InChI is InChI=1S/C11H23N3OS/c1-11(2,10(12)14-15)5-6-13-8-9-4-3-7-16-9/h9,13,15H,3-8H2,1-2H3,(H2,12,14). The zero-order chi connectivity index (χ0) is 12.0. The van der Waals surface area contributed by atoms with Crippen molar-refractivity contribution in [2.45, 2.75) is 38.4 Å². The SMILES string of the molecule is CC(C)(CCNCC1CCCS1)C(N)=NO. The number of nitrogens with two attached hydrogens (primary N) is 1. The molecule has 0 spiro atoms. The molecular formula is C11H23N3OS. The topological polar surface area (TPSA) is 70.6 Å². The van der Waals surface area contributed by atoms with Crippen molar-refractivity contribution in [1.29, 1.82) is 0 Å². The second kappa shape index (κ2) is 6.35. The van der Waals surface area contributed by atoms with Gasteiger partial charge in [-0.2, -0.15) is 11.8 Å². The van der Waals surface area contributed by atoms with Gasteiger partial charge in [-0.25, -0.2) is 0 Å². The first-order valence-electron chi connectivity index (χ1n) is 5.86. The molecule has 1 saturated heterocycles. The number of nitrogens with zero attached hydrogens (tertiary/aromatic N) is 1. The molecular weight excluding hydrogens is 222 g/mol. The van der Waals surface area contributed by atoms with Crippen LogP contribution in [-0.4, -0.2) is 35.1 Å². The lowest BCUT2D eigenvalue weighted by atomic mass is 9.88. The van der Waals surface area contributed by atoms with E-state index in [1.165, 1.54) is 18.6 Å². The second-order valence-corrected chi connectivity index (χ2v) is 6.37. The Labute approximate surface area is 102 Å². The van der Waals surface area contributed by atoms with Crippen LogP contribution in [0.1, 0.15) is 33.1 Å². The highest BCUT2D eigenvalue weighted by molar-refractivity contribution is 8.00. The Morgan fingerprint density at radius 2 is 2.38 bits per heavy atom. The number of oxime groups is 1. The van der Waals surface area contributed by atoms with E-state index in [2.05, 4.69) is 22.2 Å². The van der Waals surface area contributed by atoms with Crippen molar-refractivity contribution in [3.05, 3.63) is 0 Å². The van der Waals surface area contributed by atoms with Gasteiger partial charge in [0, 0.05) is 17.2 Å². The van der Waals surface area contributed by atoms with E-state index in [0.717, 1.165) is 24.8 Å². The number of thioether (sulfide) groups is 1. The number of rotatable bonds is 6. The first kappa shape index (κ1) is 13.6. The molecule has 1 heterocycles. The fourth-order valence-corrected chi connectivity index (χ4v) is 2.97. The Bertz CT molecular complexity index is 237. The third-order valence-electron chi connectivity index (χ3n) is 3.12. The summed E-state index contributed by atoms with van der Waals surface area (Å²) in [6.07, 6.45) is 3.58. The third kappa shape index (κ3) is 4.22. The molecule has 4 nitrogen and oxygen atoms in total. The van der Waals surface area contributed by atoms with E-state index in [-0.39, 0.29) is 5.41 Å². The summed E-state index contributed by atoms with van der Waals surface area (Å²) in [5.41, 5.74) is 5.39. The van der Waals surface area contributed by atoms with Crippen LogP contribution in [0, 0.1) is 5.41 Å². The Morgan fingerprint density at radius 1 is 1.62 bits per heavy atom. The molecule has 0 aliphatic carbocycles. The minimum absolute atomic E-state index is 0.232. The van der Waals surface area contributed by atoms with Crippen LogP contribution in [0.5, 0.6) is 0 Å². The summed E-state index contributed by atoms with van der Waals surface area (Å²) in [4.78, 5) is 0. The second-order valence-electron chi connectivity index (χ2n) is 4.96. The molecule has 4 N–H and O–H groups in total. The van der Waals surface area contributed by atoms with Gasteiger partial charge < -0.3 is 16.3 Å². The van der Waals surface area contributed by atoms with Gasteiger partial charge in [0.25, 0.3) is 0 Å². The number of nitrogens with one attached hydrogen (secondary N) is 1. The van der Waals surface area contributed by atoms with Gasteiger partial charge in [0.2, 0.25) is 0 Å². The molecule has 1 aliphatic heterocycles. The van der Waals surface area contributed by atoms with Crippen LogP contribution < -0.4 is 11.1 Å². The highest BCUT2D eigenvalue weighted by Gasteiger charge is 2.23. The van der Waals surface area contributed by atoms with Crippen LogP contribution in [0.3, 0.4) is 0 Å². The van der Waals surface area contributed by atoms with Crippen molar-refractivity contribution in [3.8, 4) is 0 Å². The molecule has 1 aliphatic rings. The van der Waals surface area contributed by atoms with Gasteiger partial charge in [-0.05, 0) is 31.6 Å². The summed E-state index contributed by atoms with van der Waals surface area (Å²) in [6, 6.07) is 0. The highest BCUT2D eigenvalue weighted by Crippen LogP contribution is 2.25. The molecule has 0 amide bonds.